The average molecular weight is 407 g/mol. The van der Waals surface area contributed by atoms with E-state index < -0.39 is 0 Å². The fourth-order valence-electron chi connectivity index (χ4n) is 5.09. The van der Waals surface area contributed by atoms with E-state index in [9.17, 15) is 14.9 Å². The lowest BCUT2D eigenvalue weighted by molar-refractivity contribution is -0.124. The minimum Gasteiger partial charge on any atom is -0.373 e. The summed E-state index contributed by atoms with van der Waals surface area (Å²) in [5, 5.41) is 10.4. The van der Waals surface area contributed by atoms with Crippen LogP contribution in [0.1, 0.15) is 48.6 Å². The van der Waals surface area contributed by atoms with Gasteiger partial charge in [0.15, 0.2) is 0 Å². The third-order valence-electron chi connectivity index (χ3n) is 6.53. The minimum atomic E-state index is -0.385. The number of imide groups is 1. The molecule has 5 nitrogen and oxygen atoms in total. The lowest BCUT2D eigenvalue weighted by Gasteiger charge is -2.16. The molecule has 2 bridgehead atoms. The molecular formula is C23H22N2O3S. The van der Waals surface area contributed by atoms with Gasteiger partial charge >= 0.3 is 0 Å². The van der Waals surface area contributed by atoms with Gasteiger partial charge in [-0.2, -0.15) is 5.26 Å². The van der Waals surface area contributed by atoms with Gasteiger partial charge in [-0.05, 0) is 36.8 Å². The van der Waals surface area contributed by atoms with E-state index in [1.54, 1.807) is 0 Å². The number of nitriles is 1. The summed E-state index contributed by atoms with van der Waals surface area (Å²) < 4.78 is 5.82. The zero-order valence-corrected chi connectivity index (χ0v) is 17.5. The molecule has 5 rings (SSSR count). The van der Waals surface area contributed by atoms with Crippen molar-refractivity contribution in [2.24, 2.45) is 11.8 Å². The highest BCUT2D eigenvalue weighted by molar-refractivity contribution is 7.17. The summed E-state index contributed by atoms with van der Waals surface area (Å²) in [6.45, 7) is 6.23. The van der Waals surface area contributed by atoms with Crippen LogP contribution in [0.25, 0.3) is 11.1 Å². The molecule has 2 amide bonds. The second kappa shape index (κ2) is 6.51. The van der Waals surface area contributed by atoms with E-state index in [1.165, 1.54) is 21.8 Å². The molecule has 1 aromatic heterocycles. The Bertz CT molecular complexity index is 1040. The number of hydrogen-bond acceptors (Lipinski definition) is 5. The van der Waals surface area contributed by atoms with Crippen molar-refractivity contribution in [3.8, 4) is 17.2 Å². The van der Waals surface area contributed by atoms with Crippen molar-refractivity contribution >= 4 is 28.2 Å². The maximum absolute atomic E-state index is 13.2. The lowest BCUT2D eigenvalue weighted by Crippen LogP contribution is -2.34. The second-order valence-electron chi connectivity index (χ2n) is 8.46. The quantitative estimate of drug-likeness (QED) is 0.709. The van der Waals surface area contributed by atoms with Crippen molar-refractivity contribution < 1.29 is 14.3 Å². The molecule has 2 aromatic rings. The van der Waals surface area contributed by atoms with E-state index in [-0.39, 0.29) is 35.9 Å². The Labute approximate surface area is 173 Å². The van der Waals surface area contributed by atoms with Crippen LogP contribution in [0.2, 0.25) is 0 Å². The standard InChI is InChI=1S/C23H22N2O3S/c1-11(2)13-4-6-14(7-5-13)18-12(3)29-23(15(18)10-24)25-21(26)19-16-8-9-17(28-16)20(19)22(25)27/h4-7,11,16-17,19-20H,8-9H2,1-3H3/t16-,17+,19+,20-. The molecular weight excluding hydrogens is 384 g/mol. The number of hydrogen-bond donors (Lipinski definition) is 0. The number of anilines is 1. The molecule has 29 heavy (non-hydrogen) atoms. The van der Waals surface area contributed by atoms with Gasteiger partial charge in [0.25, 0.3) is 0 Å². The molecule has 0 saturated carbocycles. The monoisotopic (exact) mass is 406 g/mol. The van der Waals surface area contributed by atoms with Gasteiger partial charge in [0.05, 0.1) is 29.6 Å². The molecule has 3 fully saturated rings. The molecule has 3 aliphatic heterocycles. The first-order valence-corrected chi connectivity index (χ1v) is 10.9. The van der Waals surface area contributed by atoms with Crippen LogP contribution in [0.5, 0.6) is 0 Å². The minimum absolute atomic E-state index is 0.152. The number of nitrogens with zero attached hydrogens (tertiary/aromatic N) is 2. The number of aryl methyl sites for hydroxylation is 1. The van der Waals surface area contributed by atoms with Gasteiger partial charge in [-0.3, -0.25) is 9.59 Å². The zero-order valence-electron chi connectivity index (χ0n) is 16.6. The zero-order chi connectivity index (χ0) is 20.4. The van der Waals surface area contributed by atoms with E-state index in [2.05, 4.69) is 32.0 Å². The summed E-state index contributed by atoms with van der Waals surface area (Å²) >= 11 is 1.36. The number of thiophene rings is 1. The number of ether oxygens (including phenoxy) is 1. The molecule has 0 N–H and O–H groups in total. The molecule has 0 unspecified atom stereocenters. The van der Waals surface area contributed by atoms with Crippen LogP contribution in [0.15, 0.2) is 24.3 Å². The molecule has 0 radical (unpaired) electrons. The van der Waals surface area contributed by atoms with Crippen molar-refractivity contribution in [1.29, 1.82) is 5.26 Å². The van der Waals surface area contributed by atoms with Crippen LogP contribution in [-0.2, 0) is 14.3 Å². The van der Waals surface area contributed by atoms with Crippen LogP contribution in [0, 0.1) is 30.1 Å². The normalized spacial score (nSPS) is 27.8. The Kier molecular flexibility index (Phi) is 4.16. The van der Waals surface area contributed by atoms with Gasteiger partial charge < -0.3 is 4.74 Å². The first kappa shape index (κ1) is 18.5. The van der Waals surface area contributed by atoms with E-state index in [0.717, 1.165) is 28.8 Å². The number of carbonyl (C=O) groups excluding carboxylic acids is 2. The number of benzene rings is 1. The molecule has 0 spiro atoms. The van der Waals surface area contributed by atoms with Crippen LogP contribution >= 0.6 is 11.3 Å². The Hall–Kier alpha value is -2.49. The van der Waals surface area contributed by atoms with E-state index in [1.807, 2.05) is 19.1 Å². The van der Waals surface area contributed by atoms with Gasteiger partial charge in [-0.25, -0.2) is 4.90 Å². The molecule has 1 aromatic carbocycles. The first-order valence-electron chi connectivity index (χ1n) is 10.1. The second-order valence-corrected chi connectivity index (χ2v) is 9.66. The third-order valence-corrected chi connectivity index (χ3v) is 7.62. The summed E-state index contributed by atoms with van der Waals surface area (Å²) in [4.78, 5) is 28.5. The fourth-order valence-corrected chi connectivity index (χ4v) is 6.22. The van der Waals surface area contributed by atoms with Crippen molar-refractivity contribution in [3.63, 3.8) is 0 Å². The van der Waals surface area contributed by atoms with E-state index in [4.69, 9.17) is 4.74 Å². The molecule has 0 aliphatic carbocycles. The molecule has 148 valence electrons. The predicted molar refractivity (Wildman–Crippen MR) is 111 cm³/mol. The van der Waals surface area contributed by atoms with Crippen LogP contribution in [0.3, 0.4) is 0 Å². The van der Waals surface area contributed by atoms with Gasteiger partial charge in [-0.1, -0.05) is 38.1 Å². The lowest BCUT2D eigenvalue weighted by atomic mass is 9.81. The van der Waals surface area contributed by atoms with E-state index >= 15 is 0 Å². The Balaban J connectivity index is 1.57. The summed E-state index contributed by atoms with van der Waals surface area (Å²) in [5.74, 6) is -0.748. The first-order chi connectivity index (χ1) is 13.9. The Morgan fingerprint density at radius 3 is 2.21 bits per heavy atom. The molecule has 4 heterocycles. The number of carbonyl (C=O) groups is 2. The van der Waals surface area contributed by atoms with Gasteiger partial charge in [0.1, 0.15) is 11.1 Å². The topological polar surface area (TPSA) is 70.4 Å². The summed E-state index contributed by atoms with van der Waals surface area (Å²) in [7, 11) is 0. The summed E-state index contributed by atoms with van der Waals surface area (Å²) in [6.07, 6.45) is 1.36. The maximum Gasteiger partial charge on any atom is 0.241 e. The highest BCUT2D eigenvalue weighted by Crippen LogP contribution is 2.52. The van der Waals surface area contributed by atoms with Crippen molar-refractivity contribution in [2.45, 2.75) is 51.7 Å². The molecule has 4 atom stereocenters. The smallest absolute Gasteiger partial charge is 0.241 e. The number of amides is 2. The van der Waals surface area contributed by atoms with Gasteiger partial charge in [-0.15, -0.1) is 11.3 Å². The molecule has 3 saturated heterocycles. The van der Waals surface area contributed by atoms with Crippen molar-refractivity contribution in [2.75, 3.05) is 4.90 Å². The van der Waals surface area contributed by atoms with Crippen LogP contribution in [-0.4, -0.2) is 24.0 Å². The number of rotatable bonds is 3. The van der Waals surface area contributed by atoms with Crippen molar-refractivity contribution in [3.05, 3.63) is 40.3 Å². The van der Waals surface area contributed by atoms with E-state index in [0.29, 0.717) is 16.5 Å². The Morgan fingerprint density at radius 2 is 1.69 bits per heavy atom. The summed E-state index contributed by atoms with van der Waals surface area (Å²) in [6, 6.07) is 10.5. The molecule has 3 aliphatic rings. The summed E-state index contributed by atoms with van der Waals surface area (Å²) in [5.41, 5.74) is 3.40. The highest BCUT2D eigenvalue weighted by Gasteiger charge is 2.63. The maximum atomic E-state index is 13.2. The fraction of sp³-hybridized carbons (Fsp3) is 0.435. The third kappa shape index (κ3) is 2.54. The van der Waals surface area contributed by atoms with Crippen LogP contribution < -0.4 is 4.90 Å². The SMILES string of the molecule is Cc1sc(N2C(=O)[C@@H]3[C@H](C2=O)[C@@H]2CC[C@H]3O2)c(C#N)c1-c1ccc(C(C)C)cc1. The molecule has 6 heteroatoms. The Morgan fingerprint density at radius 1 is 1.10 bits per heavy atom. The average Bonchev–Trinajstić information content (AvgIpc) is 3.44. The predicted octanol–water partition coefficient (Wildman–Crippen LogP) is 4.39. The highest BCUT2D eigenvalue weighted by atomic mass is 32.1. The van der Waals surface area contributed by atoms with Gasteiger partial charge in [0, 0.05) is 10.4 Å². The van der Waals surface area contributed by atoms with Crippen molar-refractivity contribution in [1.82, 2.24) is 0 Å². The largest absolute Gasteiger partial charge is 0.373 e. The number of fused-ring (bicyclic) bond motifs is 5. The van der Waals surface area contributed by atoms with Crippen LogP contribution in [0.4, 0.5) is 5.00 Å². The van der Waals surface area contributed by atoms with Gasteiger partial charge in [0.2, 0.25) is 11.8 Å².